The Kier molecular flexibility index (Phi) is 4.56. The van der Waals surface area contributed by atoms with Crippen LogP contribution in [-0.2, 0) is 6.54 Å². The van der Waals surface area contributed by atoms with Gasteiger partial charge in [0.05, 0.1) is 5.69 Å². The Morgan fingerprint density at radius 2 is 2.05 bits per heavy atom. The summed E-state index contributed by atoms with van der Waals surface area (Å²) in [5.74, 6) is 0.900. The predicted molar refractivity (Wildman–Crippen MR) is 86.5 cm³/mol. The average molecular weight is 286 g/mol. The van der Waals surface area contributed by atoms with Crippen LogP contribution in [0.15, 0.2) is 24.5 Å². The molecule has 0 unspecified atom stereocenters. The molecule has 1 aliphatic heterocycles. The van der Waals surface area contributed by atoms with Gasteiger partial charge in [0.15, 0.2) is 0 Å². The summed E-state index contributed by atoms with van der Waals surface area (Å²) < 4.78 is 2.14. The zero-order valence-electron chi connectivity index (χ0n) is 13.2. The highest BCUT2D eigenvalue weighted by atomic mass is 15.1. The van der Waals surface area contributed by atoms with Gasteiger partial charge in [-0.1, -0.05) is 6.07 Å². The molecule has 1 saturated heterocycles. The molecule has 0 saturated carbocycles. The number of imidazole rings is 1. The van der Waals surface area contributed by atoms with Crippen molar-refractivity contribution < 1.29 is 0 Å². The van der Waals surface area contributed by atoms with E-state index >= 15 is 0 Å². The molecule has 2 aromatic heterocycles. The molecule has 1 aliphatic rings. The molecule has 21 heavy (non-hydrogen) atoms. The van der Waals surface area contributed by atoms with E-state index in [1.807, 2.05) is 7.05 Å². The van der Waals surface area contributed by atoms with Gasteiger partial charge in [-0.3, -0.25) is 4.90 Å². The Bertz CT molecular complexity index is 581. The molecule has 0 atom stereocenters. The van der Waals surface area contributed by atoms with Crippen LogP contribution < -0.4 is 5.32 Å². The van der Waals surface area contributed by atoms with Gasteiger partial charge < -0.3 is 9.72 Å². The zero-order valence-corrected chi connectivity index (χ0v) is 13.2. The summed E-state index contributed by atoms with van der Waals surface area (Å²) in [7, 11) is 2.04. The van der Waals surface area contributed by atoms with Crippen LogP contribution in [0.2, 0.25) is 0 Å². The fraction of sp³-hybridized carbons (Fsp3) is 0.588. The summed E-state index contributed by atoms with van der Waals surface area (Å²) in [6, 6.07) is 4.22. The first-order valence-electron chi connectivity index (χ1n) is 8.06. The lowest BCUT2D eigenvalue weighted by Gasteiger charge is -2.31. The normalized spacial score (nSPS) is 17.6. The van der Waals surface area contributed by atoms with Gasteiger partial charge in [0.1, 0.15) is 5.65 Å². The third-order valence-electron chi connectivity index (χ3n) is 4.54. The van der Waals surface area contributed by atoms with Crippen molar-refractivity contribution in [1.29, 1.82) is 0 Å². The van der Waals surface area contributed by atoms with E-state index in [9.17, 15) is 0 Å². The Hall–Kier alpha value is -1.39. The molecule has 3 heterocycles. The number of nitrogens with zero attached hydrogens (tertiary/aromatic N) is 3. The van der Waals surface area contributed by atoms with E-state index in [0.717, 1.165) is 24.7 Å². The van der Waals surface area contributed by atoms with Gasteiger partial charge in [0.2, 0.25) is 0 Å². The number of nitrogens with one attached hydrogen (secondary N) is 1. The van der Waals surface area contributed by atoms with Crippen molar-refractivity contribution in [2.45, 2.75) is 32.7 Å². The number of hydrogen-bond donors (Lipinski definition) is 1. The predicted octanol–water partition coefficient (Wildman–Crippen LogP) is 2.46. The van der Waals surface area contributed by atoms with Gasteiger partial charge in [-0.25, -0.2) is 4.98 Å². The molecule has 4 heteroatoms. The van der Waals surface area contributed by atoms with Crippen molar-refractivity contribution in [3.05, 3.63) is 35.8 Å². The van der Waals surface area contributed by atoms with E-state index in [1.54, 1.807) is 0 Å². The van der Waals surface area contributed by atoms with Crippen LogP contribution in [-0.4, -0.2) is 41.0 Å². The van der Waals surface area contributed by atoms with Gasteiger partial charge in [0.25, 0.3) is 0 Å². The van der Waals surface area contributed by atoms with Crippen molar-refractivity contribution in [3.8, 4) is 0 Å². The number of piperidine rings is 1. The summed E-state index contributed by atoms with van der Waals surface area (Å²) in [5.41, 5.74) is 3.52. The lowest BCUT2D eigenvalue weighted by atomic mass is 9.93. The van der Waals surface area contributed by atoms with Crippen molar-refractivity contribution >= 4 is 5.65 Å². The van der Waals surface area contributed by atoms with Crippen LogP contribution in [0.1, 0.15) is 30.5 Å². The van der Waals surface area contributed by atoms with Crippen LogP contribution in [0, 0.1) is 12.8 Å². The maximum Gasteiger partial charge on any atom is 0.137 e. The van der Waals surface area contributed by atoms with Crippen LogP contribution >= 0.6 is 0 Å². The van der Waals surface area contributed by atoms with Gasteiger partial charge in [-0.2, -0.15) is 0 Å². The van der Waals surface area contributed by atoms with E-state index in [4.69, 9.17) is 4.98 Å². The van der Waals surface area contributed by atoms with Crippen molar-refractivity contribution in [3.63, 3.8) is 0 Å². The molecule has 0 spiro atoms. The third-order valence-corrected chi connectivity index (χ3v) is 4.54. The van der Waals surface area contributed by atoms with Crippen LogP contribution in [0.4, 0.5) is 0 Å². The summed E-state index contributed by atoms with van der Waals surface area (Å²) >= 11 is 0. The SMILES string of the molecule is CNCCC1CCN(Cc2cn3cc(C)ccc3n2)CC1. The van der Waals surface area contributed by atoms with Crippen LogP contribution in [0.5, 0.6) is 0 Å². The van der Waals surface area contributed by atoms with Crippen LogP contribution in [0.25, 0.3) is 5.65 Å². The number of rotatable bonds is 5. The molecule has 0 aromatic carbocycles. The zero-order chi connectivity index (χ0) is 14.7. The molecule has 0 aliphatic carbocycles. The minimum atomic E-state index is 0.900. The Labute approximate surface area is 127 Å². The minimum absolute atomic E-state index is 0.900. The molecular formula is C17H26N4. The van der Waals surface area contributed by atoms with Gasteiger partial charge in [-0.15, -0.1) is 0 Å². The summed E-state index contributed by atoms with van der Waals surface area (Å²) in [6.07, 6.45) is 8.30. The molecule has 1 fully saturated rings. The molecular weight excluding hydrogens is 260 g/mol. The highest BCUT2D eigenvalue weighted by molar-refractivity contribution is 5.41. The molecule has 114 valence electrons. The highest BCUT2D eigenvalue weighted by Gasteiger charge is 2.19. The highest BCUT2D eigenvalue weighted by Crippen LogP contribution is 2.21. The molecule has 0 radical (unpaired) electrons. The van der Waals surface area contributed by atoms with Crippen molar-refractivity contribution in [1.82, 2.24) is 19.6 Å². The Morgan fingerprint density at radius 3 is 2.81 bits per heavy atom. The van der Waals surface area contributed by atoms with E-state index in [2.05, 4.69) is 46.1 Å². The fourth-order valence-electron chi connectivity index (χ4n) is 3.24. The molecule has 0 bridgehead atoms. The fourth-order valence-corrected chi connectivity index (χ4v) is 3.24. The van der Waals surface area contributed by atoms with E-state index in [-0.39, 0.29) is 0 Å². The van der Waals surface area contributed by atoms with Crippen molar-refractivity contribution in [2.75, 3.05) is 26.7 Å². The third kappa shape index (κ3) is 3.63. The van der Waals surface area contributed by atoms with Gasteiger partial charge in [-0.05, 0) is 70.4 Å². The first-order chi connectivity index (χ1) is 10.2. The number of pyridine rings is 1. The largest absolute Gasteiger partial charge is 0.320 e. The smallest absolute Gasteiger partial charge is 0.137 e. The monoisotopic (exact) mass is 286 g/mol. The molecule has 2 aromatic rings. The second-order valence-corrected chi connectivity index (χ2v) is 6.32. The van der Waals surface area contributed by atoms with E-state index in [0.29, 0.717) is 0 Å². The summed E-state index contributed by atoms with van der Waals surface area (Å²) in [4.78, 5) is 7.27. The maximum atomic E-state index is 4.73. The summed E-state index contributed by atoms with van der Waals surface area (Å²) in [5, 5.41) is 3.26. The maximum absolute atomic E-state index is 4.73. The first-order valence-corrected chi connectivity index (χ1v) is 8.06. The first kappa shape index (κ1) is 14.5. The lowest BCUT2D eigenvalue weighted by molar-refractivity contribution is 0.171. The van der Waals surface area contributed by atoms with E-state index < -0.39 is 0 Å². The number of aryl methyl sites for hydroxylation is 1. The molecule has 4 nitrogen and oxygen atoms in total. The number of likely N-dealkylation sites (tertiary alicyclic amines) is 1. The standard InChI is InChI=1S/C17H26N4/c1-14-3-4-17-19-16(13-21(17)11-14)12-20-9-6-15(7-10-20)5-8-18-2/h3-4,11,13,15,18H,5-10,12H2,1-2H3. The quantitative estimate of drug-likeness (QED) is 0.916. The number of aromatic nitrogens is 2. The van der Waals surface area contributed by atoms with Crippen molar-refractivity contribution in [2.24, 2.45) is 5.92 Å². The second kappa shape index (κ2) is 6.58. The molecule has 3 rings (SSSR count). The summed E-state index contributed by atoms with van der Waals surface area (Å²) in [6.45, 7) is 6.67. The Morgan fingerprint density at radius 1 is 1.24 bits per heavy atom. The van der Waals surface area contributed by atoms with E-state index in [1.165, 1.54) is 43.6 Å². The number of fused-ring (bicyclic) bond motifs is 1. The second-order valence-electron chi connectivity index (χ2n) is 6.32. The Balaban J connectivity index is 1.56. The van der Waals surface area contributed by atoms with Crippen LogP contribution in [0.3, 0.4) is 0 Å². The van der Waals surface area contributed by atoms with Gasteiger partial charge >= 0.3 is 0 Å². The molecule has 1 N–H and O–H groups in total. The van der Waals surface area contributed by atoms with Gasteiger partial charge in [0, 0.05) is 18.9 Å². The topological polar surface area (TPSA) is 32.6 Å². The molecule has 0 amide bonds. The minimum Gasteiger partial charge on any atom is -0.320 e. The average Bonchev–Trinajstić information content (AvgIpc) is 2.88. The number of hydrogen-bond acceptors (Lipinski definition) is 3. The lowest BCUT2D eigenvalue weighted by Crippen LogP contribution is -2.34.